The molecule has 35 heavy (non-hydrogen) atoms. The van der Waals surface area contributed by atoms with Crippen LogP contribution in [0.1, 0.15) is 55.9 Å². The third kappa shape index (κ3) is 4.77. The summed E-state index contributed by atoms with van der Waals surface area (Å²) < 4.78 is 18.4. The van der Waals surface area contributed by atoms with Crippen molar-refractivity contribution in [3.63, 3.8) is 0 Å². The predicted molar refractivity (Wildman–Crippen MR) is 138 cm³/mol. The molecule has 0 aromatic heterocycles. The van der Waals surface area contributed by atoms with Crippen LogP contribution in [0.15, 0.2) is 42.5 Å². The van der Waals surface area contributed by atoms with Crippen molar-refractivity contribution in [3.8, 4) is 17.2 Å². The molecule has 5 heteroatoms. The van der Waals surface area contributed by atoms with Gasteiger partial charge in [0.15, 0.2) is 0 Å². The first-order valence-electron chi connectivity index (χ1n) is 12.3. The monoisotopic (exact) mass is 474 g/mol. The summed E-state index contributed by atoms with van der Waals surface area (Å²) >= 11 is 0. The van der Waals surface area contributed by atoms with E-state index in [-0.39, 0.29) is 18.4 Å². The molecule has 2 atom stereocenters. The van der Waals surface area contributed by atoms with Crippen molar-refractivity contribution < 1.29 is 23.8 Å². The number of rotatable bonds is 7. The van der Waals surface area contributed by atoms with Crippen molar-refractivity contribution in [1.82, 2.24) is 0 Å². The fourth-order valence-electron chi connectivity index (χ4n) is 5.09. The lowest BCUT2D eigenvalue weighted by Gasteiger charge is -2.42. The highest BCUT2D eigenvalue weighted by atomic mass is 16.5. The van der Waals surface area contributed by atoms with Gasteiger partial charge in [-0.1, -0.05) is 37.3 Å². The molecule has 1 aliphatic heterocycles. The number of fused-ring (bicyclic) bond motifs is 2. The van der Waals surface area contributed by atoms with E-state index in [1.807, 2.05) is 65.0 Å². The van der Waals surface area contributed by atoms with Crippen molar-refractivity contribution in [2.75, 3.05) is 6.61 Å². The molecule has 0 radical (unpaired) electrons. The Balaban J connectivity index is 1.63. The van der Waals surface area contributed by atoms with Gasteiger partial charge in [0.05, 0.1) is 5.92 Å². The van der Waals surface area contributed by atoms with Gasteiger partial charge in [0.1, 0.15) is 35.2 Å². The summed E-state index contributed by atoms with van der Waals surface area (Å²) in [6.45, 7) is 11.4. The maximum absolute atomic E-state index is 13.1. The number of benzene rings is 3. The minimum atomic E-state index is -0.705. The van der Waals surface area contributed by atoms with Crippen LogP contribution in [0.4, 0.5) is 0 Å². The number of carbonyl (C=O) groups excluding carboxylic acids is 2. The quantitative estimate of drug-likeness (QED) is 0.291. The number of esters is 1. The fourth-order valence-corrected chi connectivity index (χ4v) is 5.09. The smallest absolute Gasteiger partial charge is 0.308 e. The fraction of sp³-hybridized carbons (Fsp3) is 0.400. The number of Topliss-reactive ketones (excluding diaryl/α,β-unsaturated/α-hetero) is 1. The number of ether oxygens (including phenoxy) is 3. The van der Waals surface area contributed by atoms with Crippen LogP contribution in [0.25, 0.3) is 10.8 Å². The van der Waals surface area contributed by atoms with E-state index in [0.717, 1.165) is 50.9 Å². The van der Waals surface area contributed by atoms with Crippen molar-refractivity contribution in [1.29, 1.82) is 0 Å². The third-order valence-corrected chi connectivity index (χ3v) is 7.38. The maximum atomic E-state index is 13.1. The van der Waals surface area contributed by atoms with Gasteiger partial charge in [-0.3, -0.25) is 9.59 Å². The van der Waals surface area contributed by atoms with Crippen LogP contribution in [0.5, 0.6) is 17.2 Å². The molecule has 0 N–H and O–H groups in total. The van der Waals surface area contributed by atoms with E-state index in [2.05, 4.69) is 12.1 Å². The lowest BCUT2D eigenvalue weighted by atomic mass is 9.78. The minimum Gasteiger partial charge on any atom is -0.493 e. The lowest BCUT2D eigenvalue weighted by molar-refractivity contribution is -0.133. The summed E-state index contributed by atoms with van der Waals surface area (Å²) in [4.78, 5) is 24.8. The Morgan fingerprint density at radius 3 is 2.43 bits per heavy atom. The molecule has 4 rings (SSSR count). The summed E-state index contributed by atoms with van der Waals surface area (Å²) in [6.07, 6.45) is 1.82. The van der Waals surface area contributed by atoms with E-state index < -0.39 is 11.5 Å². The van der Waals surface area contributed by atoms with Gasteiger partial charge in [0.2, 0.25) is 0 Å². The zero-order valence-corrected chi connectivity index (χ0v) is 21.5. The summed E-state index contributed by atoms with van der Waals surface area (Å²) in [7, 11) is 0. The second-order valence-electron chi connectivity index (χ2n) is 9.71. The lowest BCUT2D eigenvalue weighted by Crippen LogP contribution is -2.50. The van der Waals surface area contributed by atoms with Crippen LogP contribution in [0.3, 0.4) is 0 Å². The van der Waals surface area contributed by atoms with E-state index >= 15 is 0 Å². The summed E-state index contributed by atoms with van der Waals surface area (Å²) in [5.74, 6) is 1.52. The molecule has 0 saturated heterocycles. The Morgan fingerprint density at radius 1 is 1.03 bits per heavy atom. The van der Waals surface area contributed by atoms with Gasteiger partial charge < -0.3 is 14.2 Å². The van der Waals surface area contributed by atoms with Gasteiger partial charge in [-0.25, -0.2) is 0 Å². The van der Waals surface area contributed by atoms with E-state index in [4.69, 9.17) is 14.2 Å². The molecule has 0 aliphatic carbocycles. The molecular formula is C30H34O5. The molecule has 0 spiro atoms. The number of hydrogen-bond donors (Lipinski definition) is 0. The van der Waals surface area contributed by atoms with Gasteiger partial charge in [-0.15, -0.1) is 0 Å². The van der Waals surface area contributed by atoms with Crippen molar-refractivity contribution in [2.24, 2.45) is 5.92 Å². The molecule has 0 saturated carbocycles. The molecular weight excluding hydrogens is 440 g/mol. The molecule has 0 bridgehead atoms. The van der Waals surface area contributed by atoms with Crippen LogP contribution in [0, 0.1) is 26.7 Å². The highest BCUT2D eigenvalue weighted by Crippen LogP contribution is 2.46. The molecule has 3 aromatic rings. The van der Waals surface area contributed by atoms with Crippen molar-refractivity contribution in [3.05, 3.63) is 64.7 Å². The Hall–Kier alpha value is -3.34. The SMILES string of the molecule is CCC(=O)C(COc1ccc2ccccc2c1)C1(C)CCc2c(C)c(OC(C)=O)c(C)c(C)c2O1. The van der Waals surface area contributed by atoms with Crippen LogP contribution >= 0.6 is 0 Å². The first-order chi connectivity index (χ1) is 16.6. The van der Waals surface area contributed by atoms with Gasteiger partial charge in [0, 0.05) is 18.9 Å². The van der Waals surface area contributed by atoms with Gasteiger partial charge >= 0.3 is 5.97 Å². The van der Waals surface area contributed by atoms with Crippen molar-refractivity contribution >= 4 is 22.5 Å². The zero-order valence-electron chi connectivity index (χ0n) is 21.5. The Bertz CT molecular complexity index is 1290. The third-order valence-electron chi connectivity index (χ3n) is 7.38. The molecule has 5 nitrogen and oxygen atoms in total. The highest BCUT2D eigenvalue weighted by Gasteiger charge is 2.44. The molecule has 3 aromatic carbocycles. The molecule has 1 heterocycles. The van der Waals surface area contributed by atoms with E-state index in [1.165, 1.54) is 6.92 Å². The predicted octanol–water partition coefficient (Wildman–Crippen LogP) is 6.45. The topological polar surface area (TPSA) is 61.8 Å². The maximum Gasteiger partial charge on any atom is 0.308 e. The Morgan fingerprint density at radius 2 is 1.74 bits per heavy atom. The average Bonchev–Trinajstić information content (AvgIpc) is 2.84. The summed E-state index contributed by atoms with van der Waals surface area (Å²) in [6, 6.07) is 14.1. The summed E-state index contributed by atoms with van der Waals surface area (Å²) in [5.41, 5.74) is 3.08. The first kappa shape index (κ1) is 24.8. The molecule has 2 unspecified atom stereocenters. The highest BCUT2D eigenvalue weighted by molar-refractivity contribution is 5.84. The molecule has 0 amide bonds. The van der Waals surface area contributed by atoms with Gasteiger partial charge in [-0.2, -0.15) is 0 Å². The van der Waals surface area contributed by atoms with Gasteiger partial charge in [-0.05, 0) is 80.1 Å². The number of carbonyl (C=O) groups is 2. The van der Waals surface area contributed by atoms with Crippen LogP contribution in [0.2, 0.25) is 0 Å². The first-order valence-corrected chi connectivity index (χ1v) is 12.3. The van der Waals surface area contributed by atoms with E-state index in [0.29, 0.717) is 18.6 Å². The standard InChI is InChI=1S/C30H34O5/c1-7-27(32)26(17-33-24-13-12-22-10-8-9-11-23(22)16-24)30(6)15-14-25-20(4)28(34-21(5)31)18(2)19(3)29(25)35-30/h8-13,16,26H,7,14-15,17H2,1-6H3. The number of ketones is 1. The largest absolute Gasteiger partial charge is 0.493 e. The zero-order chi connectivity index (χ0) is 25.3. The van der Waals surface area contributed by atoms with Crippen LogP contribution in [-0.4, -0.2) is 24.0 Å². The van der Waals surface area contributed by atoms with Crippen LogP contribution in [-0.2, 0) is 16.0 Å². The number of hydrogen-bond acceptors (Lipinski definition) is 5. The minimum absolute atomic E-state index is 0.124. The van der Waals surface area contributed by atoms with E-state index in [9.17, 15) is 9.59 Å². The van der Waals surface area contributed by atoms with E-state index in [1.54, 1.807) is 0 Å². The Kier molecular flexibility index (Phi) is 6.88. The second-order valence-corrected chi connectivity index (χ2v) is 9.71. The average molecular weight is 475 g/mol. The molecule has 184 valence electrons. The van der Waals surface area contributed by atoms with Crippen LogP contribution < -0.4 is 14.2 Å². The molecule has 1 aliphatic rings. The van der Waals surface area contributed by atoms with Crippen molar-refractivity contribution in [2.45, 2.75) is 66.4 Å². The second kappa shape index (κ2) is 9.73. The van der Waals surface area contributed by atoms with Gasteiger partial charge in [0.25, 0.3) is 0 Å². The normalized spacial score (nSPS) is 17.9. The molecule has 0 fully saturated rings. The Labute approximate surface area is 207 Å². The summed E-state index contributed by atoms with van der Waals surface area (Å²) in [5, 5.41) is 2.25.